The van der Waals surface area contributed by atoms with Crippen LogP contribution in [0.3, 0.4) is 0 Å². The van der Waals surface area contributed by atoms with E-state index in [4.69, 9.17) is 5.10 Å². The smallest absolute Gasteiger partial charge is 0.257 e. The van der Waals surface area contributed by atoms with Crippen molar-refractivity contribution >= 4 is 46.1 Å². The van der Waals surface area contributed by atoms with Gasteiger partial charge in [0.2, 0.25) is 0 Å². The molecular weight excluding hydrogens is 457 g/mol. The van der Waals surface area contributed by atoms with Crippen molar-refractivity contribution < 1.29 is 4.79 Å². The minimum Gasteiger partial charge on any atom is -0.306 e. The van der Waals surface area contributed by atoms with Gasteiger partial charge in [-0.1, -0.05) is 18.2 Å². The number of aromatic nitrogens is 2. The molecule has 26 heavy (non-hydrogen) atoms. The predicted molar refractivity (Wildman–Crippen MR) is 115 cm³/mol. The molecule has 1 N–H and O–H groups in total. The number of thioether (sulfide) groups is 1. The van der Waals surface area contributed by atoms with Crippen molar-refractivity contribution in [3.63, 3.8) is 0 Å². The molecule has 4 nitrogen and oxygen atoms in total. The average Bonchev–Trinajstić information content (AvgIpc) is 3.17. The SMILES string of the molecule is Cc1cc(C)cc(-n2nc3c(c2NC(=O)c2ccccc2I)CSC3)c1. The first-order valence-corrected chi connectivity index (χ1v) is 10.6. The highest BCUT2D eigenvalue weighted by Gasteiger charge is 2.25. The van der Waals surface area contributed by atoms with Crippen LogP contribution >= 0.6 is 34.4 Å². The van der Waals surface area contributed by atoms with E-state index in [1.165, 1.54) is 11.1 Å². The number of carbonyl (C=O) groups excluding carboxylic acids is 1. The molecule has 0 bridgehead atoms. The number of amides is 1. The highest BCUT2D eigenvalue weighted by molar-refractivity contribution is 14.1. The van der Waals surface area contributed by atoms with Crippen molar-refractivity contribution in [3.05, 3.63) is 74.0 Å². The van der Waals surface area contributed by atoms with Crippen LogP contribution in [-0.2, 0) is 11.5 Å². The lowest BCUT2D eigenvalue weighted by atomic mass is 10.1. The highest BCUT2D eigenvalue weighted by Crippen LogP contribution is 2.36. The summed E-state index contributed by atoms with van der Waals surface area (Å²) >= 11 is 4.03. The normalized spacial score (nSPS) is 12.9. The maximum Gasteiger partial charge on any atom is 0.257 e. The monoisotopic (exact) mass is 475 g/mol. The van der Waals surface area contributed by atoms with Crippen LogP contribution < -0.4 is 5.32 Å². The summed E-state index contributed by atoms with van der Waals surface area (Å²) in [6, 6.07) is 14.0. The zero-order chi connectivity index (χ0) is 18.3. The molecule has 0 fully saturated rings. The molecule has 0 radical (unpaired) electrons. The van der Waals surface area contributed by atoms with Crippen LogP contribution in [0.4, 0.5) is 5.82 Å². The Morgan fingerprint density at radius 3 is 2.62 bits per heavy atom. The van der Waals surface area contributed by atoms with Crippen molar-refractivity contribution in [2.45, 2.75) is 25.4 Å². The second kappa shape index (κ2) is 7.08. The fourth-order valence-electron chi connectivity index (χ4n) is 3.22. The zero-order valence-electron chi connectivity index (χ0n) is 14.5. The van der Waals surface area contributed by atoms with E-state index in [2.05, 4.69) is 60.0 Å². The number of hydrogen-bond acceptors (Lipinski definition) is 3. The zero-order valence-corrected chi connectivity index (χ0v) is 17.5. The second-order valence-electron chi connectivity index (χ2n) is 6.46. The van der Waals surface area contributed by atoms with Gasteiger partial charge < -0.3 is 5.32 Å². The van der Waals surface area contributed by atoms with Crippen LogP contribution in [0.2, 0.25) is 0 Å². The van der Waals surface area contributed by atoms with Crippen LogP contribution in [0.25, 0.3) is 5.69 Å². The summed E-state index contributed by atoms with van der Waals surface area (Å²) in [6.45, 7) is 4.16. The maximum absolute atomic E-state index is 12.9. The molecule has 0 saturated heterocycles. The van der Waals surface area contributed by atoms with E-state index in [9.17, 15) is 4.79 Å². The third-order valence-electron chi connectivity index (χ3n) is 4.35. The van der Waals surface area contributed by atoms with Crippen molar-refractivity contribution in [2.24, 2.45) is 0 Å². The first-order valence-electron chi connectivity index (χ1n) is 8.36. The summed E-state index contributed by atoms with van der Waals surface area (Å²) in [5, 5.41) is 7.92. The van der Waals surface area contributed by atoms with E-state index in [-0.39, 0.29) is 5.91 Å². The predicted octanol–water partition coefficient (Wildman–Crippen LogP) is 5.09. The van der Waals surface area contributed by atoms with Gasteiger partial charge in [-0.2, -0.15) is 16.9 Å². The molecule has 0 spiro atoms. The Morgan fingerprint density at radius 1 is 1.15 bits per heavy atom. The van der Waals surface area contributed by atoms with Crippen molar-refractivity contribution in [1.82, 2.24) is 9.78 Å². The topological polar surface area (TPSA) is 46.9 Å². The number of halogens is 1. The summed E-state index contributed by atoms with van der Waals surface area (Å²) in [4.78, 5) is 12.9. The van der Waals surface area contributed by atoms with Gasteiger partial charge in [0, 0.05) is 20.6 Å². The van der Waals surface area contributed by atoms with Gasteiger partial charge in [-0.3, -0.25) is 4.79 Å². The summed E-state index contributed by atoms with van der Waals surface area (Å²) in [6.07, 6.45) is 0. The van der Waals surface area contributed by atoms with E-state index >= 15 is 0 Å². The lowest BCUT2D eigenvalue weighted by molar-refractivity contribution is 0.102. The molecule has 2 heterocycles. The number of fused-ring (bicyclic) bond motifs is 1. The van der Waals surface area contributed by atoms with Crippen molar-refractivity contribution in [2.75, 3.05) is 5.32 Å². The standard InChI is InChI=1S/C20H18IN3OS/c1-12-7-13(2)9-14(8-12)24-19(16-10-26-11-18(16)23-24)22-20(25)15-5-3-4-6-17(15)21/h3-9H,10-11H2,1-2H3,(H,22,25). The average molecular weight is 475 g/mol. The fraction of sp³-hybridized carbons (Fsp3) is 0.200. The Hall–Kier alpha value is -1.80. The van der Waals surface area contributed by atoms with E-state index in [0.717, 1.165) is 37.8 Å². The molecule has 0 unspecified atom stereocenters. The van der Waals surface area contributed by atoms with Gasteiger partial charge in [-0.15, -0.1) is 0 Å². The van der Waals surface area contributed by atoms with Gasteiger partial charge in [0.25, 0.3) is 5.91 Å². The van der Waals surface area contributed by atoms with E-state index in [0.29, 0.717) is 5.56 Å². The van der Waals surface area contributed by atoms with Crippen molar-refractivity contribution in [3.8, 4) is 5.69 Å². The Balaban J connectivity index is 1.78. The maximum atomic E-state index is 12.9. The van der Waals surface area contributed by atoms with E-state index in [1.54, 1.807) is 0 Å². The van der Waals surface area contributed by atoms with E-state index in [1.807, 2.05) is 40.7 Å². The number of nitrogens with one attached hydrogen (secondary N) is 1. The van der Waals surface area contributed by atoms with Gasteiger partial charge in [-0.25, -0.2) is 4.68 Å². The Labute approximate surface area is 170 Å². The van der Waals surface area contributed by atoms with E-state index < -0.39 is 0 Å². The van der Waals surface area contributed by atoms with Crippen LogP contribution in [0.5, 0.6) is 0 Å². The molecule has 2 aromatic carbocycles. The summed E-state index contributed by atoms with van der Waals surface area (Å²) in [5.41, 5.74) is 6.22. The molecule has 0 saturated carbocycles. The van der Waals surface area contributed by atoms with Gasteiger partial charge in [0.1, 0.15) is 5.82 Å². The molecule has 4 rings (SSSR count). The summed E-state index contributed by atoms with van der Waals surface area (Å²) in [7, 11) is 0. The minimum absolute atomic E-state index is 0.0970. The molecule has 0 aliphatic carbocycles. The molecule has 3 aromatic rings. The molecule has 132 valence electrons. The molecule has 0 atom stereocenters. The quantitative estimate of drug-likeness (QED) is 0.537. The van der Waals surface area contributed by atoms with Crippen molar-refractivity contribution in [1.29, 1.82) is 0 Å². The third-order valence-corrected chi connectivity index (χ3v) is 6.26. The van der Waals surface area contributed by atoms with Crippen LogP contribution in [0.15, 0.2) is 42.5 Å². The molecule has 6 heteroatoms. The number of carbonyl (C=O) groups is 1. The van der Waals surface area contributed by atoms with Gasteiger partial charge >= 0.3 is 0 Å². The van der Waals surface area contributed by atoms with Gasteiger partial charge in [0.05, 0.1) is 16.9 Å². The molecule has 1 aromatic heterocycles. The number of aryl methyl sites for hydroxylation is 2. The lowest BCUT2D eigenvalue weighted by Gasteiger charge is -2.13. The third kappa shape index (κ3) is 3.27. The Kier molecular flexibility index (Phi) is 4.79. The molecule has 1 aliphatic rings. The van der Waals surface area contributed by atoms with Crippen LogP contribution in [0.1, 0.15) is 32.7 Å². The van der Waals surface area contributed by atoms with Gasteiger partial charge in [-0.05, 0) is 71.8 Å². The number of benzene rings is 2. The highest BCUT2D eigenvalue weighted by atomic mass is 127. The summed E-state index contributed by atoms with van der Waals surface area (Å²) in [5.74, 6) is 2.46. The number of anilines is 1. The largest absolute Gasteiger partial charge is 0.306 e. The second-order valence-corrected chi connectivity index (χ2v) is 8.61. The summed E-state index contributed by atoms with van der Waals surface area (Å²) < 4.78 is 2.82. The first kappa shape index (κ1) is 17.6. The number of rotatable bonds is 3. The van der Waals surface area contributed by atoms with Crippen LogP contribution in [-0.4, -0.2) is 15.7 Å². The van der Waals surface area contributed by atoms with Gasteiger partial charge in [0.15, 0.2) is 0 Å². The Morgan fingerprint density at radius 2 is 1.88 bits per heavy atom. The minimum atomic E-state index is -0.0970. The number of nitrogens with zero attached hydrogens (tertiary/aromatic N) is 2. The number of hydrogen-bond donors (Lipinski definition) is 1. The Bertz CT molecular complexity index is 992. The first-order chi connectivity index (χ1) is 12.5. The molecular formula is C20H18IN3OS. The molecule has 1 aliphatic heterocycles. The lowest BCUT2D eigenvalue weighted by Crippen LogP contribution is -2.17. The fourth-order valence-corrected chi connectivity index (χ4v) is 4.89. The van der Waals surface area contributed by atoms with Crippen LogP contribution in [0, 0.1) is 17.4 Å². The molecule has 1 amide bonds.